The summed E-state index contributed by atoms with van der Waals surface area (Å²) in [6.45, 7) is 3.19. The Morgan fingerprint density at radius 2 is 1.90 bits per heavy atom. The minimum atomic E-state index is -3.93. The fourth-order valence-electron chi connectivity index (χ4n) is 1.41. The number of esters is 1. The van der Waals surface area contributed by atoms with Gasteiger partial charge in [0.25, 0.3) is 10.1 Å². The number of aliphatic hydroxyl groups is 1. The van der Waals surface area contributed by atoms with Gasteiger partial charge < -0.3 is 9.84 Å². The van der Waals surface area contributed by atoms with Crippen LogP contribution in [0.15, 0.2) is 29.2 Å². The molecule has 7 heteroatoms. The van der Waals surface area contributed by atoms with Gasteiger partial charge in [0.1, 0.15) is 0 Å². The van der Waals surface area contributed by atoms with Gasteiger partial charge in [-0.3, -0.25) is 8.98 Å². The highest BCUT2D eigenvalue weighted by atomic mass is 32.2. The number of carbonyl (C=O) groups is 1. The smallest absolute Gasteiger partial charge is 0.308 e. The molecule has 0 aliphatic rings. The Hall–Kier alpha value is -1.44. The number of rotatable bonds is 7. The highest BCUT2D eigenvalue weighted by molar-refractivity contribution is 7.86. The topological polar surface area (TPSA) is 89.9 Å². The van der Waals surface area contributed by atoms with Gasteiger partial charge in [0, 0.05) is 0 Å². The van der Waals surface area contributed by atoms with Gasteiger partial charge in [-0.2, -0.15) is 8.42 Å². The summed E-state index contributed by atoms with van der Waals surface area (Å²) in [4.78, 5) is 11.1. The van der Waals surface area contributed by atoms with Crippen molar-refractivity contribution in [2.75, 3.05) is 13.2 Å². The maximum atomic E-state index is 11.8. The van der Waals surface area contributed by atoms with Crippen LogP contribution in [-0.4, -0.2) is 38.8 Å². The summed E-state index contributed by atoms with van der Waals surface area (Å²) in [6, 6.07) is 6.13. The molecule has 1 rings (SSSR count). The van der Waals surface area contributed by atoms with E-state index in [-0.39, 0.29) is 17.9 Å². The van der Waals surface area contributed by atoms with Gasteiger partial charge in [0.2, 0.25) is 0 Å². The number of carbonyl (C=O) groups excluding carboxylic acids is 1. The molecule has 0 saturated carbocycles. The zero-order valence-electron chi connectivity index (χ0n) is 11.4. The van der Waals surface area contributed by atoms with Gasteiger partial charge in [-0.05, 0) is 26.0 Å². The van der Waals surface area contributed by atoms with Crippen molar-refractivity contribution in [1.29, 1.82) is 0 Å². The second-order valence-electron chi connectivity index (χ2n) is 4.21. The van der Waals surface area contributed by atoms with Crippen molar-refractivity contribution in [2.45, 2.75) is 31.3 Å². The van der Waals surface area contributed by atoms with Gasteiger partial charge in [-0.15, -0.1) is 0 Å². The number of aryl methyl sites for hydroxylation is 1. The van der Waals surface area contributed by atoms with E-state index in [1.165, 1.54) is 12.1 Å². The largest absolute Gasteiger partial charge is 0.466 e. The first-order valence-corrected chi connectivity index (χ1v) is 7.55. The summed E-state index contributed by atoms with van der Waals surface area (Å²) in [5, 5.41) is 9.51. The van der Waals surface area contributed by atoms with Crippen molar-refractivity contribution in [3.8, 4) is 0 Å². The monoisotopic (exact) mass is 302 g/mol. The third-order valence-electron chi connectivity index (χ3n) is 2.43. The molecule has 0 bridgehead atoms. The summed E-state index contributed by atoms with van der Waals surface area (Å²) in [7, 11) is -3.93. The van der Waals surface area contributed by atoms with E-state index in [0.717, 1.165) is 5.56 Å². The van der Waals surface area contributed by atoms with E-state index in [1.807, 2.05) is 6.92 Å². The molecular weight excluding hydrogens is 284 g/mol. The Morgan fingerprint density at radius 1 is 1.30 bits per heavy atom. The molecule has 1 atom stereocenters. The van der Waals surface area contributed by atoms with Gasteiger partial charge in [0.05, 0.1) is 30.6 Å². The van der Waals surface area contributed by atoms with Crippen LogP contribution in [0.5, 0.6) is 0 Å². The van der Waals surface area contributed by atoms with E-state index in [2.05, 4.69) is 4.74 Å². The second kappa shape index (κ2) is 7.37. The van der Waals surface area contributed by atoms with E-state index in [1.54, 1.807) is 19.1 Å². The molecule has 0 spiro atoms. The van der Waals surface area contributed by atoms with E-state index in [0.29, 0.717) is 0 Å². The predicted molar refractivity (Wildman–Crippen MR) is 71.6 cm³/mol. The molecular formula is C13H18O6S. The van der Waals surface area contributed by atoms with Crippen LogP contribution in [0.3, 0.4) is 0 Å². The van der Waals surface area contributed by atoms with Crippen molar-refractivity contribution in [3.63, 3.8) is 0 Å². The summed E-state index contributed by atoms with van der Waals surface area (Å²) in [5.74, 6) is -0.601. The average Bonchev–Trinajstić information content (AvgIpc) is 2.37. The Labute approximate surface area is 118 Å². The molecule has 0 aliphatic heterocycles. The van der Waals surface area contributed by atoms with E-state index in [9.17, 15) is 18.3 Å². The second-order valence-corrected chi connectivity index (χ2v) is 5.83. The minimum Gasteiger partial charge on any atom is -0.466 e. The van der Waals surface area contributed by atoms with Crippen molar-refractivity contribution in [1.82, 2.24) is 0 Å². The van der Waals surface area contributed by atoms with Crippen LogP contribution in [0, 0.1) is 6.92 Å². The molecule has 0 radical (unpaired) electrons. The summed E-state index contributed by atoms with van der Waals surface area (Å²) < 4.78 is 33.0. The van der Waals surface area contributed by atoms with Gasteiger partial charge in [-0.1, -0.05) is 17.7 Å². The zero-order valence-corrected chi connectivity index (χ0v) is 12.2. The van der Waals surface area contributed by atoms with Crippen LogP contribution in [0.25, 0.3) is 0 Å². The molecule has 1 unspecified atom stereocenters. The number of hydrogen-bond donors (Lipinski definition) is 1. The standard InChI is InChI=1S/C13H18O6S/c1-3-18-13(15)8-11(14)9-19-20(16,17)12-6-4-10(2)5-7-12/h4-7,11,14H,3,8-9H2,1-2H3. The van der Waals surface area contributed by atoms with Gasteiger partial charge >= 0.3 is 5.97 Å². The first kappa shape index (κ1) is 16.6. The first-order valence-electron chi connectivity index (χ1n) is 6.15. The number of ether oxygens (including phenoxy) is 1. The van der Waals surface area contributed by atoms with E-state index >= 15 is 0 Å². The highest BCUT2D eigenvalue weighted by Crippen LogP contribution is 2.13. The maximum Gasteiger partial charge on any atom is 0.308 e. The number of hydrogen-bond acceptors (Lipinski definition) is 6. The van der Waals surface area contributed by atoms with E-state index < -0.39 is 28.8 Å². The first-order chi connectivity index (χ1) is 9.35. The summed E-state index contributed by atoms with van der Waals surface area (Å²) in [6.07, 6.45) is -1.54. The molecule has 0 aromatic heterocycles. The van der Waals surface area contributed by atoms with Crippen LogP contribution < -0.4 is 0 Å². The molecule has 0 heterocycles. The average molecular weight is 302 g/mol. The molecule has 1 aromatic carbocycles. The maximum absolute atomic E-state index is 11.8. The Kier molecular flexibility index (Phi) is 6.12. The Bertz CT molecular complexity index is 534. The lowest BCUT2D eigenvalue weighted by Crippen LogP contribution is -2.23. The van der Waals surface area contributed by atoms with Crippen LogP contribution in [0.2, 0.25) is 0 Å². The van der Waals surface area contributed by atoms with Gasteiger partial charge in [0.15, 0.2) is 0 Å². The summed E-state index contributed by atoms with van der Waals surface area (Å²) >= 11 is 0. The lowest BCUT2D eigenvalue weighted by atomic mass is 10.2. The normalized spacial score (nSPS) is 12.9. The van der Waals surface area contributed by atoms with Crippen molar-refractivity contribution < 1.29 is 27.2 Å². The van der Waals surface area contributed by atoms with E-state index in [4.69, 9.17) is 4.18 Å². The molecule has 0 saturated heterocycles. The molecule has 112 valence electrons. The summed E-state index contributed by atoms with van der Waals surface area (Å²) in [5.41, 5.74) is 0.922. The molecule has 0 amide bonds. The van der Waals surface area contributed by atoms with Crippen LogP contribution >= 0.6 is 0 Å². The SMILES string of the molecule is CCOC(=O)CC(O)COS(=O)(=O)c1ccc(C)cc1. The lowest BCUT2D eigenvalue weighted by Gasteiger charge is -2.11. The Morgan fingerprint density at radius 3 is 2.45 bits per heavy atom. The zero-order chi connectivity index (χ0) is 15.2. The minimum absolute atomic E-state index is 0.00596. The van der Waals surface area contributed by atoms with Crippen molar-refractivity contribution in [2.24, 2.45) is 0 Å². The molecule has 1 N–H and O–H groups in total. The van der Waals surface area contributed by atoms with Crippen molar-refractivity contribution in [3.05, 3.63) is 29.8 Å². The Balaban J connectivity index is 2.55. The van der Waals surface area contributed by atoms with Crippen molar-refractivity contribution >= 4 is 16.1 Å². The molecule has 20 heavy (non-hydrogen) atoms. The lowest BCUT2D eigenvalue weighted by molar-refractivity contribution is -0.145. The molecule has 0 aliphatic carbocycles. The number of benzene rings is 1. The third-order valence-corrected chi connectivity index (χ3v) is 3.73. The fourth-order valence-corrected chi connectivity index (χ4v) is 2.35. The third kappa shape index (κ3) is 5.28. The predicted octanol–water partition coefficient (Wildman–Crippen LogP) is 1.01. The van der Waals surface area contributed by atoms with Crippen LogP contribution in [0.4, 0.5) is 0 Å². The quantitative estimate of drug-likeness (QED) is 0.597. The number of aliphatic hydroxyl groups excluding tert-OH is 1. The molecule has 1 aromatic rings. The molecule has 0 fully saturated rings. The fraction of sp³-hybridized carbons (Fsp3) is 0.462. The highest BCUT2D eigenvalue weighted by Gasteiger charge is 2.19. The van der Waals surface area contributed by atoms with Crippen LogP contribution in [0.1, 0.15) is 18.9 Å². The molecule has 6 nitrogen and oxygen atoms in total. The van der Waals surface area contributed by atoms with Crippen LogP contribution in [-0.2, 0) is 23.8 Å². The van der Waals surface area contributed by atoms with Gasteiger partial charge in [-0.25, -0.2) is 0 Å².